The lowest BCUT2D eigenvalue weighted by molar-refractivity contribution is 0.128. The molecule has 0 aliphatic heterocycles. The van der Waals surface area contributed by atoms with Crippen LogP contribution in [0.25, 0.3) is 0 Å². The molecule has 3 nitrogen and oxygen atoms in total. The number of ether oxygens (including phenoxy) is 1. The van der Waals surface area contributed by atoms with E-state index in [1.165, 1.54) is 4.88 Å². The highest BCUT2D eigenvalue weighted by Crippen LogP contribution is 2.32. The number of aliphatic hydroxyl groups excluding tert-OH is 1. The number of thiophene rings is 1. The first-order valence-electron chi connectivity index (χ1n) is 4.44. The van der Waals surface area contributed by atoms with Gasteiger partial charge in [0.05, 0.1) is 23.0 Å². The normalized spacial score (nSPS) is 13.1. The van der Waals surface area contributed by atoms with Crippen LogP contribution in [0.15, 0.2) is 14.3 Å². The maximum Gasteiger partial charge on any atom is 0.0843 e. The molecule has 1 heterocycles. The Kier molecular flexibility index (Phi) is 6.33. The quantitative estimate of drug-likeness (QED) is 0.820. The van der Waals surface area contributed by atoms with E-state index >= 15 is 0 Å². The summed E-state index contributed by atoms with van der Waals surface area (Å²) in [5.74, 6) is 0. The fraction of sp³-hybridized carbons (Fsp3) is 0.556. The Bertz CT molecular complexity index is 287. The van der Waals surface area contributed by atoms with Gasteiger partial charge in [-0.3, -0.25) is 0 Å². The van der Waals surface area contributed by atoms with Crippen LogP contribution in [0.3, 0.4) is 0 Å². The molecule has 1 atom stereocenters. The summed E-state index contributed by atoms with van der Waals surface area (Å²) in [5.41, 5.74) is 0. The number of hydrogen-bond donors (Lipinski definition) is 2. The van der Waals surface area contributed by atoms with Gasteiger partial charge in [-0.1, -0.05) is 0 Å². The van der Waals surface area contributed by atoms with E-state index in [1.54, 1.807) is 18.4 Å². The van der Waals surface area contributed by atoms with Crippen molar-refractivity contribution in [1.29, 1.82) is 0 Å². The Morgan fingerprint density at radius 3 is 2.80 bits per heavy atom. The second-order valence-corrected chi connectivity index (χ2v) is 6.36. The van der Waals surface area contributed by atoms with E-state index < -0.39 is 0 Å². The van der Waals surface area contributed by atoms with E-state index in [-0.39, 0.29) is 12.6 Å². The molecule has 1 aromatic heterocycles. The molecular formula is C9H13Br2NO2S. The third-order valence-electron chi connectivity index (χ3n) is 1.85. The average Bonchev–Trinajstić information content (AvgIpc) is 2.53. The summed E-state index contributed by atoms with van der Waals surface area (Å²) in [5, 5.41) is 12.3. The zero-order valence-corrected chi connectivity index (χ0v) is 12.3. The second kappa shape index (κ2) is 6.98. The molecule has 0 fully saturated rings. The van der Waals surface area contributed by atoms with E-state index in [2.05, 4.69) is 43.2 Å². The number of rotatable bonds is 6. The summed E-state index contributed by atoms with van der Waals surface area (Å²) in [4.78, 5) is 1.21. The molecule has 1 aromatic rings. The molecular weight excluding hydrogens is 346 g/mol. The molecule has 2 N–H and O–H groups in total. The number of halogens is 2. The summed E-state index contributed by atoms with van der Waals surface area (Å²) in [6.45, 7) is 1.34. The molecule has 1 unspecified atom stereocenters. The van der Waals surface area contributed by atoms with Gasteiger partial charge in [0, 0.05) is 23.0 Å². The summed E-state index contributed by atoms with van der Waals surface area (Å²) in [6.07, 6.45) is 0. The highest BCUT2D eigenvalue weighted by molar-refractivity contribution is 9.13. The first-order chi connectivity index (χ1) is 7.17. The number of nitrogens with one attached hydrogen (secondary N) is 1. The molecule has 0 saturated heterocycles. The lowest BCUT2D eigenvalue weighted by Crippen LogP contribution is -2.35. The van der Waals surface area contributed by atoms with Gasteiger partial charge in [-0.15, -0.1) is 11.3 Å². The highest BCUT2D eigenvalue weighted by atomic mass is 79.9. The molecule has 0 amide bonds. The van der Waals surface area contributed by atoms with Crippen LogP contribution in [0.1, 0.15) is 4.88 Å². The zero-order valence-electron chi connectivity index (χ0n) is 8.30. The number of hydrogen-bond acceptors (Lipinski definition) is 4. The van der Waals surface area contributed by atoms with Gasteiger partial charge in [0.15, 0.2) is 0 Å². The minimum atomic E-state index is -0.00495. The Morgan fingerprint density at radius 1 is 1.60 bits per heavy atom. The van der Waals surface area contributed by atoms with Gasteiger partial charge in [-0.05, 0) is 37.9 Å². The fourth-order valence-electron chi connectivity index (χ4n) is 1.10. The molecule has 0 aromatic carbocycles. The molecule has 0 radical (unpaired) electrons. The van der Waals surface area contributed by atoms with Crippen molar-refractivity contribution in [3.8, 4) is 0 Å². The predicted molar refractivity (Wildman–Crippen MR) is 69.3 cm³/mol. The van der Waals surface area contributed by atoms with Crippen molar-refractivity contribution in [2.45, 2.75) is 12.6 Å². The molecule has 0 saturated carbocycles. The van der Waals surface area contributed by atoms with Crippen molar-refractivity contribution >= 4 is 43.2 Å². The third kappa shape index (κ3) is 4.50. The van der Waals surface area contributed by atoms with Crippen LogP contribution in [0.2, 0.25) is 0 Å². The van der Waals surface area contributed by atoms with Crippen LogP contribution in [0.5, 0.6) is 0 Å². The SMILES string of the molecule is COCC(CO)NCc1cc(Br)c(Br)s1. The lowest BCUT2D eigenvalue weighted by Gasteiger charge is -2.14. The topological polar surface area (TPSA) is 41.5 Å². The van der Waals surface area contributed by atoms with Gasteiger partial charge in [0.25, 0.3) is 0 Å². The number of methoxy groups -OCH3 is 1. The van der Waals surface area contributed by atoms with Crippen molar-refractivity contribution < 1.29 is 9.84 Å². The first-order valence-corrected chi connectivity index (χ1v) is 6.84. The maximum atomic E-state index is 9.04. The van der Waals surface area contributed by atoms with Crippen LogP contribution in [-0.4, -0.2) is 31.5 Å². The first kappa shape index (κ1) is 13.6. The van der Waals surface area contributed by atoms with Gasteiger partial charge in [0.2, 0.25) is 0 Å². The Balaban J connectivity index is 2.41. The lowest BCUT2D eigenvalue weighted by atomic mass is 10.3. The van der Waals surface area contributed by atoms with Crippen molar-refractivity contribution in [1.82, 2.24) is 5.32 Å². The predicted octanol–water partition coefficient (Wildman–Crippen LogP) is 2.37. The molecule has 0 aliphatic carbocycles. The van der Waals surface area contributed by atoms with Crippen LogP contribution in [0.4, 0.5) is 0 Å². The Morgan fingerprint density at radius 2 is 2.33 bits per heavy atom. The van der Waals surface area contributed by atoms with Crippen LogP contribution in [0, 0.1) is 0 Å². The molecule has 0 bridgehead atoms. The summed E-state index contributed by atoms with van der Waals surface area (Å²) in [6, 6.07) is 2.05. The second-order valence-electron chi connectivity index (χ2n) is 3.05. The maximum absolute atomic E-state index is 9.04. The van der Waals surface area contributed by atoms with E-state index in [0.717, 1.165) is 14.8 Å². The van der Waals surface area contributed by atoms with Crippen LogP contribution < -0.4 is 5.32 Å². The smallest absolute Gasteiger partial charge is 0.0843 e. The van der Waals surface area contributed by atoms with Crippen molar-refractivity contribution in [3.05, 3.63) is 19.2 Å². The minimum absolute atomic E-state index is 0.00495. The Hall–Kier alpha value is 0.540. The van der Waals surface area contributed by atoms with E-state index in [4.69, 9.17) is 9.84 Å². The van der Waals surface area contributed by atoms with Gasteiger partial charge >= 0.3 is 0 Å². The van der Waals surface area contributed by atoms with Gasteiger partial charge in [-0.2, -0.15) is 0 Å². The molecule has 6 heteroatoms. The molecule has 86 valence electrons. The van der Waals surface area contributed by atoms with Crippen LogP contribution in [-0.2, 0) is 11.3 Å². The standard InChI is InChI=1S/C9H13Br2NO2S/c1-14-5-6(4-13)12-3-7-2-8(10)9(11)15-7/h2,6,12-13H,3-5H2,1H3. The van der Waals surface area contributed by atoms with Crippen LogP contribution >= 0.6 is 43.2 Å². The van der Waals surface area contributed by atoms with E-state index in [0.29, 0.717) is 6.61 Å². The van der Waals surface area contributed by atoms with Crippen molar-refractivity contribution in [3.63, 3.8) is 0 Å². The molecule has 0 spiro atoms. The van der Waals surface area contributed by atoms with Crippen molar-refractivity contribution in [2.75, 3.05) is 20.3 Å². The third-order valence-corrected chi connectivity index (χ3v) is 5.11. The molecule has 1 rings (SSSR count). The summed E-state index contributed by atoms with van der Waals surface area (Å²) >= 11 is 8.54. The van der Waals surface area contributed by atoms with Crippen molar-refractivity contribution in [2.24, 2.45) is 0 Å². The zero-order chi connectivity index (χ0) is 11.3. The van der Waals surface area contributed by atoms with E-state index in [1.807, 2.05) is 0 Å². The Labute approximate surface area is 110 Å². The number of aliphatic hydroxyl groups is 1. The van der Waals surface area contributed by atoms with Gasteiger partial charge in [0.1, 0.15) is 0 Å². The molecule has 0 aliphatic rings. The van der Waals surface area contributed by atoms with Gasteiger partial charge in [-0.25, -0.2) is 0 Å². The highest BCUT2D eigenvalue weighted by Gasteiger charge is 2.08. The van der Waals surface area contributed by atoms with E-state index in [9.17, 15) is 0 Å². The largest absolute Gasteiger partial charge is 0.395 e. The average molecular weight is 359 g/mol. The van der Waals surface area contributed by atoms with Gasteiger partial charge < -0.3 is 15.2 Å². The molecule has 15 heavy (non-hydrogen) atoms. The summed E-state index contributed by atoms with van der Waals surface area (Å²) < 4.78 is 7.13. The summed E-state index contributed by atoms with van der Waals surface area (Å²) in [7, 11) is 1.63. The minimum Gasteiger partial charge on any atom is -0.395 e. The fourth-order valence-corrected chi connectivity index (χ4v) is 3.23. The monoisotopic (exact) mass is 357 g/mol.